The number of hydrogen-bond donors (Lipinski definition) is 1. The standard InChI is InChI=1S/C14H20O2/c1-14(2)8-6-11-9(12(14)7-8)4-3-5-10(11)13(15)16/h4,8,10-12H,3,5-7H2,1-2H3,(H,15,16)/t8-,10+,11+,12-/m0/s1. The van der Waals surface area contributed by atoms with Crippen LogP contribution in [0.4, 0.5) is 0 Å². The minimum Gasteiger partial charge on any atom is -0.481 e. The maximum Gasteiger partial charge on any atom is 0.307 e. The Morgan fingerprint density at radius 2 is 2.19 bits per heavy atom. The molecule has 0 saturated heterocycles. The molecule has 2 nitrogen and oxygen atoms in total. The molecule has 88 valence electrons. The summed E-state index contributed by atoms with van der Waals surface area (Å²) >= 11 is 0. The molecule has 0 radical (unpaired) electrons. The molecule has 0 amide bonds. The summed E-state index contributed by atoms with van der Waals surface area (Å²) in [4.78, 5) is 11.3. The average Bonchev–Trinajstić information content (AvgIpc) is 2.26. The fourth-order valence-corrected chi connectivity index (χ4v) is 4.30. The van der Waals surface area contributed by atoms with E-state index in [1.54, 1.807) is 0 Å². The van der Waals surface area contributed by atoms with Crippen molar-refractivity contribution in [3.05, 3.63) is 11.6 Å². The van der Waals surface area contributed by atoms with E-state index in [4.69, 9.17) is 0 Å². The second-order valence-electron chi connectivity index (χ2n) is 6.37. The van der Waals surface area contributed by atoms with E-state index in [2.05, 4.69) is 19.9 Å². The number of carboxylic acid groups (broad SMARTS) is 1. The Labute approximate surface area is 96.7 Å². The molecule has 0 aliphatic heterocycles. The Morgan fingerprint density at radius 3 is 2.81 bits per heavy atom. The summed E-state index contributed by atoms with van der Waals surface area (Å²) in [7, 11) is 0. The molecule has 0 aromatic rings. The Balaban J connectivity index is 1.92. The van der Waals surface area contributed by atoms with Crippen molar-refractivity contribution in [2.24, 2.45) is 29.1 Å². The first-order valence-corrected chi connectivity index (χ1v) is 6.44. The van der Waals surface area contributed by atoms with Gasteiger partial charge >= 0.3 is 5.97 Å². The van der Waals surface area contributed by atoms with Crippen molar-refractivity contribution in [1.82, 2.24) is 0 Å². The second-order valence-corrected chi connectivity index (χ2v) is 6.37. The quantitative estimate of drug-likeness (QED) is 0.689. The van der Waals surface area contributed by atoms with Crippen LogP contribution in [0.25, 0.3) is 0 Å². The van der Waals surface area contributed by atoms with E-state index in [0.717, 1.165) is 25.2 Å². The van der Waals surface area contributed by atoms with Gasteiger partial charge < -0.3 is 5.11 Å². The minimum atomic E-state index is -0.574. The molecular weight excluding hydrogens is 200 g/mol. The van der Waals surface area contributed by atoms with Crippen LogP contribution in [-0.2, 0) is 4.79 Å². The van der Waals surface area contributed by atoms with Crippen molar-refractivity contribution in [2.45, 2.75) is 39.5 Å². The average molecular weight is 220 g/mol. The van der Waals surface area contributed by atoms with Crippen LogP contribution in [0.5, 0.6) is 0 Å². The normalized spacial score (nSPS) is 44.0. The van der Waals surface area contributed by atoms with Crippen molar-refractivity contribution >= 4 is 5.97 Å². The van der Waals surface area contributed by atoms with Gasteiger partial charge in [-0.1, -0.05) is 25.5 Å². The summed E-state index contributed by atoms with van der Waals surface area (Å²) < 4.78 is 0. The summed E-state index contributed by atoms with van der Waals surface area (Å²) in [6.07, 6.45) is 6.60. The molecule has 0 aromatic carbocycles. The van der Waals surface area contributed by atoms with Gasteiger partial charge in [0, 0.05) is 0 Å². The summed E-state index contributed by atoms with van der Waals surface area (Å²) in [5, 5.41) is 9.28. The smallest absolute Gasteiger partial charge is 0.307 e. The van der Waals surface area contributed by atoms with Gasteiger partial charge in [-0.25, -0.2) is 0 Å². The third kappa shape index (κ3) is 1.16. The Hall–Kier alpha value is -0.790. The summed E-state index contributed by atoms with van der Waals surface area (Å²) in [6.45, 7) is 4.71. The summed E-state index contributed by atoms with van der Waals surface area (Å²) in [5.41, 5.74) is 1.93. The molecule has 4 aliphatic carbocycles. The highest BCUT2D eigenvalue weighted by Crippen LogP contribution is 2.65. The molecule has 4 atom stereocenters. The molecule has 0 heterocycles. The topological polar surface area (TPSA) is 37.3 Å². The van der Waals surface area contributed by atoms with Gasteiger partial charge in [0.15, 0.2) is 0 Å². The van der Waals surface area contributed by atoms with Gasteiger partial charge in [-0.2, -0.15) is 0 Å². The SMILES string of the molecule is CC1(C)[C@H]2C[C@@H]3C(=CCC[C@H]3C(=O)O)[C@@H]1C2. The van der Waals surface area contributed by atoms with Crippen LogP contribution in [0.3, 0.4) is 0 Å². The molecule has 2 bridgehead atoms. The Kier molecular flexibility index (Phi) is 2.02. The molecule has 0 spiro atoms. The Bertz CT molecular complexity index is 367. The molecule has 2 heteroatoms. The van der Waals surface area contributed by atoms with Crippen LogP contribution in [0.15, 0.2) is 11.6 Å². The molecular formula is C14H20O2. The molecule has 0 aromatic heterocycles. The van der Waals surface area contributed by atoms with Gasteiger partial charge in [-0.05, 0) is 48.9 Å². The van der Waals surface area contributed by atoms with Gasteiger partial charge in [0.25, 0.3) is 0 Å². The van der Waals surface area contributed by atoms with Crippen LogP contribution < -0.4 is 0 Å². The fourth-order valence-electron chi connectivity index (χ4n) is 4.30. The van der Waals surface area contributed by atoms with E-state index in [0.29, 0.717) is 17.3 Å². The molecule has 3 fully saturated rings. The zero-order chi connectivity index (χ0) is 11.5. The van der Waals surface area contributed by atoms with E-state index in [-0.39, 0.29) is 5.92 Å². The lowest BCUT2D eigenvalue weighted by atomic mass is 9.43. The number of carbonyl (C=O) groups is 1. The van der Waals surface area contributed by atoms with Crippen LogP contribution >= 0.6 is 0 Å². The van der Waals surface area contributed by atoms with Gasteiger partial charge in [0.05, 0.1) is 5.92 Å². The van der Waals surface area contributed by atoms with E-state index in [9.17, 15) is 9.90 Å². The molecule has 1 N–H and O–H groups in total. The lowest BCUT2D eigenvalue weighted by molar-refractivity contribution is -0.147. The molecule has 16 heavy (non-hydrogen) atoms. The predicted molar refractivity (Wildman–Crippen MR) is 61.9 cm³/mol. The van der Waals surface area contributed by atoms with Crippen molar-refractivity contribution in [1.29, 1.82) is 0 Å². The van der Waals surface area contributed by atoms with Crippen molar-refractivity contribution in [3.8, 4) is 0 Å². The number of allylic oxidation sites excluding steroid dienone is 2. The predicted octanol–water partition coefficient (Wildman–Crippen LogP) is 3.09. The third-order valence-corrected chi connectivity index (χ3v) is 5.50. The van der Waals surface area contributed by atoms with Crippen molar-refractivity contribution < 1.29 is 9.90 Å². The number of hydrogen-bond acceptors (Lipinski definition) is 1. The molecule has 0 unspecified atom stereocenters. The first kappa shape index (κ1) is 10.4. The van der Waals surface area contributed by atoms with Crippen LogP contribution in [0.2, 0.25) is 0 Å². The van der Waals surface area contributed by atoms with Gasteiger partial charge in [-0.15, -0.1) is 0 Å². The van der Waals surface area contributed by atoms with E-state index < -0.39 is 5.97 Å². The monoisotopic (exact) mass is 220 g/mol. The Morgan fingerprint density at radius 1 is 1.44 bits per heavy atom. The maximum absolute atomic E-state index is 11.3. The van der Waals surface area contributed by atoms with Crippen LogP contribution in [0, 0.1) is 29.1 Å². The number of aliphatic carboxylic acids is 1. The first-order chi connectivity index (χ1) is 7.51. The first-order valence-electron chi connectivity index (χ1n) is 6.44. The van der Waals surface area contributed by atoms with Gasteiger partial charge in [-0.3, -0.25) is 4.79 Å². The van der Waals surface area contributed by atoms with E-state index in [1.807, 2.05) is 0 Å². The number of rotatable bonds is 1. The zero-order valence-electron chi connectivity index (χ0n) is 10.1. The lowest BCUT2D eigenvalue weighted by Crippen LogP contribution is -2.54. The highest BCUT2D eigenvalue weighted by atomic mass is 16.4. The van der Waals surface area contributed by atoms with Crippen molar-refractivity contribution in [2.75, 3.05) is 0 Å². The third-order valence-electron chi connectivity index (χ3n) is 5.50. The maximum atomic E-state index is 11.3. The molecule has 4 aliphatic rings. The van der Waals surface area contributed by atoms with Crippen LogP contribution in [0.1, 0.15) is 39.5 Å². The molecule has 4 rings (SSSR count). The van der Waals surface area contributed by atoms with Gasteiger partial charge in [0.1, 0.15) is 0 Å². The summed E-state index contributed by atoms with van der Waals surface area (Å²) in [6, 6.07) is 0. The fraction of sp³-hybridized carbons (Fsp3) is 0.786. The lowest BCUT2D eigenvalue weighted by Gasteiger charge is -2.61. The largest absolute Gasteiger partial charge is 0.481 e. The van der Waals surface area contributed by atoms with Crippen LogP contribution in [-0.4, -0.2) is 11.1 Å². The highest BCUT2D eigenvalue weighted by molar-refractivity contribution is 5.71. The van der Waals surface area contributed by atoms with E-state index >= 15 is 0 Å². The zero-order valence-corrected chi connectivity index (χ0v) is 10.1. The number of carboxylic acids is 1. The second kappa shape index (κ2) is 3.12. The van der Waals surface area contributed by atoms with E-state index in [1.165, 1.54) is 12.0 Å². The van der Waals surface area contributed by atoms with Gasteiger partial charge in [0.2, 0.25) is 0 Å². The minimum absolute atomic E-state index is 0.0959. The highest BCUT2D eigenvalue weighted by Gasteiger charge is 2.57. The molecule has 3 saturated carbocycles. The summed E-state index contributed by atoms with van der Waals surface area (Å²) in [5.74, 6) is 1.14. The van der Waals surface area contributed by atoms with Crippen molar-refractivity contribution in [3.63, 3.8) is 0 Å².